The van der Waals surface area contributed by atoms with Crippen molar-refractivity contribution in [3.05, 3.63) is 11.6 Å². The lowest BCUT2D eigenvalue weighted by atomic mass is 9.33. The van der Waals surface area contributed by atoms with Gasteiger partial charge in [-0.15, -0.1) is 0 Å². The first-order valence-electron chi connectivity index (χ1n) is 38.2. The first-order valence-corrected chi connectivity index (χ1v) is 38.2. The van der Waals surface area contributed by atoms with Gasteiger partial charge in [-0.1, -0.05) is 53.2 Å². The zero-order chi connectivity index (χ0) is 80.2. The average Bonchev–Trinajstić information content (AvgIpc) is 0.668. The number of hydrogen-bond acceptors (Lipinski definition) is 36. The van der Waals surface area contributed by atoms with Crippen molar-refractivity contribution in [1.29, 1.82) is 0 Å². The van der Waals surface area contributed by atoms with Crippen molar-refractivity contribution >= 4 is 17.9 Å². The van der Waals surface area contributed by atoms with Crippen molar-refractivity contribution in [3.63, 3.8) is 0 Å². The Morgan fingerprint density at radius 2 is 1.06 bits per heavy atom. The smallest absolute Gasteiger partial charge is 0.317 e. The molecule has 42 atom stereocenters. The molecule has 0 radical (unpaired) electrons. The lowest BCUT2D eigenvalue weighted by molar-refractivity contribution is -0.380. The van der Waals surface area contributed by atoms with Crippen LogP contribution in [0.3, 0.4) is 0 Å². The van der Waals surface area contributed by atoms with E-state index in [4.69, 9.17) is 66.3 Å². The molecule has 0 aromatic rings. The maximum Gasteiger partial charge on any atom is 0.317 e. The molecule has 0 amide bonds. The van der Waals surface area contributed by atoms with Gasteiger partial charge in [0.15, 0.2) is 43.7 Å². The maximum atomic E-state index is 16.0. The van der Waals surface area contributed by atoms with Crippen LogP contribution in [0.15, 0.2) is 11.6 Å². The van der Waals surface area contributed by atoms with Crippen LogP contribution in [0.2, 0.25) is 0 Å². The van der Waals surface area contributed by atoms with Crippen molar-refractivity contribution in [2.75, 3.05) is 26.4 Å². The number of allylic oxidation sites excluding steroid dienone is 2. The number of esters is 3. The molecule has 109 heavy (non-hydrogen) atoms. The van der Waals surface area contributed by atoms with Crippen LogP contribution >= 0.6 is 0 Å². The van der Waals surface area contributed by atoms with E-state index in [1.54, 1.807) is 6.92 Å². The van der Waals surface area contributed by atoms with Crippen LogP contribution < -0.4 is 0 Å². The molecule has 10 fully saturated rings. The first kappa shape index (κ1) is 86.8. The summed E-state index contributed by atoms with van der Waals surface area (Å²) < 4.78 is 83.3. The van der Waals surface area contributed by atoms with Crippen LogP contribution in [0, 0.1) is 50.2 Å². The average molecular weight is 1570 g/mol. The summed E-state index contributed by atoms with van der Waals surface area (Å²) in [7, 11) is 0. The summed E-state index contributed by atoms with van der Waals surface area (Å²) in [6.45, 7) is 16.4. The number of fused-ring (bicyclic) bond motifs is 7. The van der Waals surface area contributed by atoms with E-state index in [1.807, 2.05) is 0 Å². The Bertz CT molecular complexity index is 3150. The summed E-state index contributed by atoms with van der Waals surface area (Å²) in [6, 6.07) is 0. The number of aliphatic hydroxyl groups excluding tert-OH is 19. The second kappa shape index (κ2) is 33.2. The highest BCUT2D eigenvalue weighted by Crippen LogP contribution is 2.76. The number of carbonyl (C=O) groups is 3. The third-order valence-electron chi connectivity index (χ3n) is 26.7. The van der Waals surface area contributed by atoms with Crippen LogP contribution in [0.5, 0.6) is 0 Å². The van der Waals surface area contributed by atoms with Gasteiger partial charge < -0.3 is 163 Å². The molecule has 0 aromatic heterocycles. The normalized spacial score (nSPS) is 51.8. The molecular weight excluding hydrogens is 1450 g/mol. The second-order valence-corrected chi connectivity index (χ2v) is 34.5. The number of rotatable bonds is 21. The number of carbonyl (C=O) groups excluding carboxylic acids is 3. The second-order valence-electron chi connectivity index (χ2n) is 34.5. The molecule has 19 N–H and O–H groups in total. The van der Waals surface area contributed by atoms with Crippen molar-refractivity contribution in [2.24, 2.45) is 50.2 Å². The highest BCUT2D eigenvalue weighted by Gasteiger charge is 2.74. The molecule has 6 aliphatic heterocycles. The molecule has 5 aliphatic carbocycles. The molecule has 4 saturated carbocycles. The van der Waals surface area contributed by atoms with E-state index in [0.29, 0.717) is 32.1 Å². The molecule has 626 valence electrons. The lowest BCUT2D eigenvalue weighted by Crippen LogP contribution is -2.71. The van der Waals surface area contributed by atoms with Gasteiger partial charge in [0.05, 0.1) is 82.0 Å². The molecule has 6 saturated heterocycles. The minimum atomic E-state index is -2.12. The lowest BCUT2D eigenvalue weighted by Gasteiger charge is -2.72. The van der Waals surface area contributed by atoms with Gasteiger partial charge in [-0.2, -0.15) is 0 Å². The SMILES string of the molecule is CC(O)CC(=O)OC(C)CC(=O)O[C@@H]1[C@H](O)[C@@H](O[C@@H]2O[C@@H](C)[C@H](O[C@@H]3OC[C@@H](O)[C@H](O[C@@H]4O[C@@H](C)[C@H](O)[C@@H](O)[C@H]4O)[C@H]3O)[C@@H](O)[C@H]2O)[C@H](OC(=O)[C@]23CCC(C)(C)C[C@H]2C2=CC[C@@H]4[C@@]5(C)C[C@H](O)[C@H](O[C@@H]6O[C@H](CO)[C@@H](O)[C@H](O[C@@H]7O[C@H](CO)[C@@H](O)[C@H](O)[C@H]7O)[C@H]6O)[C@@](C)(CO)[C@@H]5CC[C@@]4(C)[C@]2(C)C[C@H]3O)O[C@@H]1C. The monoisotopic (exact) mass is 1570 g/mol. The molecule has 36 nitrogen and oxygen atoms in total. The van der Waals surface area contributed by atoms with E-state index in [0.717, 1.165) is 5.57 Å². The summed E-state index contributed by atoms with van der Waals surface area (Å²) in [5.74, 6) is -4.20. The molecule has 0 bridgehead atoms. The predicted molar refractivity (Wildman–Crippen MR) is 362 cm³/mol. The van der Waals surface area contributed by atoms with E-state index in [2.05, 4.69) is 40.7 Å². The summed E-state index contributed by atoms with van der Waals surface area (Å²) >= 11 is 0. The Hall–Kier alpha value is -3.05. The maximum absolute atomic E-state index is 16.0. The molecular formula is C73H118O36. The van der Waals surface area contributed by atoms with Crippen LogP contribution in [0.25, 0.3) is 0 Å². The van der Waals surface area contributed by atoms with E-state index >= 15 is 4.79 Å². The van der Waals surface area contributed by atoms with Gasteiger partial charge in [0.1, 0.15) is 121 Å². The minimum absolute atomic E-state index is 0.00532. The van der Waals surface area contributed by atoms with Crippen LogP contribution in [0.4, 0.5) is 0 Å². The first-order chi connectivity index (χ1) is 51.0. The zero-order valence-corrected chi connectivity index (χ0v) is 63.3. The van der Waals surface area contributed by atoms with Crippen LogP contribution in [-0.2, 0) is 80.7 Å². The zero-order valence-electron chi connectivity index (χ0n) is 63.3. The summed E-state index contributed by atoms with van der Waals surface area (Å²) in [5.41, 5.74) is -4.98. The predicted octanol–water partition coefficient (Wildman–Crippen LogP) is -5.11. The molecule has 11 rings (SSSR count). The third-order valence-corrected chi connectivity index (χ3v) is 26.7. The fraction of sp³-hybridized carbons (Fsp3) is 0.932. The fourth-order valence-electron chi connectivity index (χ4n) is 20.5. The van der Waals surface area contributed by atoms with Crippen LogP contribution in [0.1, 0.15) is 140 Å². The number of aliphatic hydroxyl groups is 19. The largest absolute Gasteiger partial charge is 0.462 e. The number of ether oxygens (including phenoxy) is 14. The molecule has 0 spiro atoms. The Kier molecular flexibility index (Phi) is 26.4. The standard InChI is InChI=1S/C73H118O36/c1-27(77)18-41(81)97-28(2)19-42(82)103-56-31(5)100-66(59(52(56)92)107-63-51(91)48(88)55(30(4)99-63)104-61-53(93)57(35(79)25-96-61)105-62-49(89)46(86)43(83)29(3)98-62)109-67(95)73-17-16-68(6,7)20-33(73)32-12-13-39-69(8)21-34(78)60(70(9,26-76)38(69)14-15-71(39,10)72(32,11)22-40(73)80)108-65-54(94)58(45(85)37(24-75)102-65)106-64-50(90)47(87)44(84)36(23-74)101-64/h12,27-31,33-40,43-66,74-80,83-94H,13-26H2,1-11H3/t27?,28?,29-,30-,31+,33-,34-,35+,36+,37+,38+,39+,40+,43-,44+,45+,46+,47-,48-,49+,50+,51+,52-,53+,54+,55-,56-,57-,58-,59+,60-,61-,62-,63-,64-,65-,66-,69-,70-,71+,72+,73+/m0/s1. The van der Waals surface area contributed by atoms with E-state index in [1.165, 1.54) is 34.6 Å². The van der Waals surface area contributed by atoms with Gasteiger partial charge in [0, 0.05) is 5.41 Å². The topological polar surface area (TPSA) is 565 Å². The van der Waals surface area contributed by atoms with Gasteiger partial charge >= 0.3 is 17.9 Å². The quantitative estimate of drug-likeness (QED) is 0.0221. The summed E-state index contributed by atoms with van der Waals surface area (Å²) in [4.78, 5) is 42.2. The Labute approximate surface area is 630 Å². The van der Waals surface area contributed by atoms with E-state index in [9.17, 15) is 107 Å². The Morgan fingerprint density at radius 1 is 0.505 bits per heavy atom. The van der Waals surface area contributed by atoms with Crippen molar-refractivity contribution < 1.29 is 178 Å². The van der Waals surface area contributed by atoms with Gasteiger partial charge in [-0.25, -0.2) is 0 Å². The van der Waals surface area contributed by atoms with Gasteiger partial charge in [-0.3, -0.25) is 14.4 Å². The molecule has 36 heteroatoms. The molecule has 0 aromatic carbocycles. The van der Waals surface area contributed by atoms with E-state index < -0.39 is 304 Å². The van der Waals surface area contributed by atoms with E-state index in [-0.39, 0.29) is 31.6 Å². The Morgan fingerprint density at radius 3 is 1.69 bits per heavy atom. The fourth-order valence-corrected chi connectivity index (χ4v) is 20.5. The Balaban J connectivity index is 0.840. The van der Waals surface area contributed by atoms with Crippen molar-refractivity contribution in [1.82, 2.24) is 0 Å². The summed E-state index contributed by atoms with van der Waals surface area (Å²) in [5, 5.41) is 213. The molecule has 6 heterocycles. The minimum Gasteiger partial charge on any atom is -0.462 e. The van der Waals surface area contributed by atoms with Gasteiger partial charge in [0.25, 0.3) is 0 Å². The number of hydrogen-bond donors (Lipinski definition) is 19. The van der Waals surface area contributed by atoms with Crippen LogP contribution in [-0.4, -0.2) is 350 Å². The molecule has 11 aliphatic rings. The van der Waals surface area contributed by atoms with Gasteiger partial charge in [-0.05, 0) is 125 Å². The van der Waals surface area contributed by atoms with Crippen molar-refractivity contribution in [3.8, 4) is 0 Å². The highest BCUT2D eigenvalue weighted by atomic mass is 16.8. The third kappa shape index (κ3) is 15.8. The van der Waals surface area contributed by atoms with Crippen molar-refractivity contribution in [2.45, 2.75) is 349 Å². The highest BCUT2D eigenvalue weighted by molar-refractivity contribution is 5.80. The molecule has 2 unspecified atom stereocenters. The van der Waals surface area contributed by atoms with Gasteiger partial charge in [0.2, 0.25) is 6.29 Å². The summed E-state index contributed by atoms with van der Waals surface area (Å²) in [6.07, 6.45) is -53.0.